The first-order valence-corrected chi connectivity index (χ1v) is 12.5. The lowest BCUT2D eigenvalue weighted by Crippen LogP contribution is -2.51. The van der Waals surface area contributed by atoms with Gasteiger partial charge < -0.3 is 10.2 Å². The van der Waals surface area contributed by atoms with Gasteiger partial charge in [0.25, 0.3) is 0 Å². The van der Waals surface area contributed by atoms with Crippen molar-refractivity contribution in [2.45, 2.75) is 25.9 Å². The molecule has 2 amide bonds. The summed E-state index contributed by atoms with van der Waals surface area (Å²) >= 11 is 2.10. The third-order valence-electron chi connectivity index (χ3n) is 4.69. The molecule has 7 nitrogen and oxygen atoms in total. The largest absolute Gasteiger partial charge is 0.357 e. The maximum absolute atomic E-state index is 13.3. The molecular weight excluding hydrogens is 536 g/mol. The highest BCUT2D eigenvalue weighted by molar-refractivity contribution is 14.1. The summed E-state index contributed by atoms with van der Waals surface area (Å²) in [6.07, 6.45) is 1.35. The van der Waals surface area contributed by atoms with Crippen LogP contribution in [0.2, 0.25) is 0 Å². The molecule has 1 N–H and O–H groups in total. The molecule has 0 bridgehead atoms. The Kier molecular flexibility index (Phi) is 8.80. The molecule has 2 aromatic carbocycles. The predicted molar refractivity (Wildman–Crippen MR) is 126 cm³/mol. The number of hydrogen-bond acceptors (Lipinski definition) is 4. The van der Waals surface area contributed by atoms with Crippen molar-refractivity contribution in [2.75, 3.05) is 24.2 Å². The van der Waals surface area contributed by atoms with Crippen LogP contribution in [0.15, 0.2) is 48.5 Å². The number of nitrogens with one attached hydrogen (secondary N) is 1. The van der Waals surface area contributed by atoms with E-state index >= 15 is 0 Å². The second-order valence-electron chi connectivity index (χ2n) is 6.93. The maximum atomic E-state index is 13.3. The quantitative estimate of drug-likeness (QED) is 0.478. The molecule has 0 spiro atoms. The smallest absolute Gasteiger partial charge is 0.244 e. The summed E-state index contributed by atoms with van der Waals surface area (Å²) in [5.74, 6) is -1.32. The van der Waals surface area contributed by atoms with Crippen molar-refractivity contribution in [3.63, 3.8) is 0 Å². The van der Waals surface area contributed by atoms with Crippen LogP contribution in [0.4, 0.5) is 10.1 Å². The van der Waals surface area contributed by atoms with Crippen molar-refractivity contribution >= 4 is 50.1 Å². The van der Waals surface area contributed by atoms with Crippen molar-refractivity contribution in [1.82, 2.24) is 10.2 Å². The van der Waals surface area contributed by atoms with Crippen molar-refractivity contribution in [3.8, 4) is 0 Å². The molecule has 2 rings (SSSR count). The van der Waals surface area contributed by atoms with E-state index in [1.165, 1.54) is 36.2 Å². The number of halogens is 2. The minimum atomic E-state index is -3.76. The molecule has 1 atom stereocenters. The van der Waals surface area contributed by atoms with E-state index in [1.807, 2.05) is 0 Å². The Morgan fingerprint density at radius 2 is 1.68 bits per heavy atom. The number of sulfonamides is 1. The average molecular weight is 561 g/mol. The first-order chi connectivity index (χ1) is 14.6. The SMILES string of the molecule is CCC(C(=O)NC)N(Cc1ccc(F)cc1)C(=O)CN(c1ccc(I)cc1)S(C)(=O)=O. The highest BCUT2D eigenvalue weighted by Gasteiger charge is 2.31. The molecule has 10 heteroatoms. The van der Waals surface area contributed by atoms with E-state index in [4.69, 9.17) is 0 Å². The summed E-state index contributed by atoms with van der Waals surface area (Å²) in [5, 5.41) is 2.54. The maximum Gasteiger partial charge on any atom is 0.244 e. The molecule has 0 saturated carbocycles. The Bertz CT molecular complexity index is 1010. The van der Waals surface area contributed by atoms with E-state index in [0.717, 1.165) is 14.1 Å². The zero-order valence-corrected chi connectivity index (χ0v) is 20.5. The van der Waals surface area contributed by atoms with E-state index in [-0.39, 0.29) is 12.5 Å². The van der Waals surface area contributed by atoms with Crippen molar-refractivity contribution in [1.29, 1.82) is 0 Å². The zero-order valence-electron chi connectivity index (χ0n) is 17.5. The van der Waals surface area contributed by atoms with Gasteiger partial charge in [-0.05, 0) is 71.0 Å². The number of carbonyl (C=O) groups excluding carboxylic acids is 2. The molecule has 2 aromatic rings. The predicted octanol–water partition coefficient (Wildman–Crippen LogP) is 2.75. The Morgan fingerprint density at radius 3 is 2.16 bits per heavy atom. The summed E-state index contributed by atoms with van der Waals surface area (Å²) in [6.45, 7) is 1.34. The molecule has 31 heavy (non-hydrogen) atoms. The number of amides is 2. The number of anilines is 1. The molecule has 0 saturated heterocycles. The van der Waals surface area contributed by atoms with Gasteiger partial charge in [-0.3, -0.25) is 13.9 Å². The van der Waals surface area contributed by atoms with Gasteiger partial charge >= 0.3 is 0 Å². The van der Waals surface area contributed by atoms with Gasteiger partial charge in [0.05, 0.1) is 11.9 Å². The fourth-order valence-corrected chi connectivity index (χ4v) is 4.30. The average Bonchev–Trinajstić information content (AvgIpc) is 2.72. The highest BCUT2D eigenvalue weighted by Crippen LogP contribution is 2.21. The summed E-state index contributed by atoms with van der Waals surface area (Å²) in [5.41, 5.74) is 0.975. The van der Waals surface area contributed by atoms with Crippen LogP contribution in [0.3, 0.4) is 0 Å². The van der Waals surface area contributed by atoms with E-state index in [2.05, 4.69) is 27.9 Å². The number of likely N-dealkylation sites (N-methyl/N-ethyl adjacent to an activating group) is 1. The number of rotatable bonds is 9. The fraction of sp³-hybridized carbons (Fsp3) is 0.333. The molecule has 0 radical (unpaired) electrons. The van der Waals surface area contributed by atoms with Crippen molar-refractivity contribution < 1.29 is 22.4 Å². The zero-order chi connectivity index (χ0) is 23.2. The van der Waals surface area contributed by atoms with Crippen LogP contribution in [0, 0.1) is 9.39 Å². The summed E-state index contributed by atoms with van der Waals surface area (Å²) in [4.78, 5) is 27.1. The van der Waals surface area contributed by atoms with Gasteiger partial charge in [0.15, 0.2) is 0 Å². The highest BCUT2D eigenvalue weighted by atomic mass is 127. The molecule has 0 aromatic heterocycles. The first-order valence-electron chi connectivity index (χ1n) is 9.55. The van der Waals surface area contributed by atoms with Crippen LogP contribution in [-0.4, -0.2) is 51.0 Å². The summed E-state index contributed by atoms with van der Waals surface area (Å²) in [6, 6.07) is 11.5. The van der Waals surface area contributed by atoms with Gasteiger partial charge in [0.2, 0.25) is 21.8 Å². The minimum absolute atomic E-state index is 0.0370. The van der Waals surface area contributed by atoms with Crippen LogP contribution < -0.4 is 9.62 Å². The standard InChI is InChI=1S/C21H25FIN3O4S/c1-4-19(21(28)24-2)25(13-15-5-7-16(22)8-6-15)20(27)14-26(31(3,29)30)18-11-9-17(23)10-12-18/h5-12,19H,4,13-14H2,1-3H3,(H,24,28). The second-order valence-corrected chi connectivity index (χ2v) is 10.1. The topological polar surface area (TPSA) is 86.8 Å². The van der Waals surface area contributed by atoms with Crippen LogP contribution >= 0.6 is 22.6 Å². The lowest BCUT2D eigenvalue weighted by atomic mass is 10.1. The van der Waals surface area contributed by atoms with Gasteiger partial charge in [-0.25, -0.2) is 12.8 Å². The van der Waals surface area contributed by atoms with Crippen LogP contribution in [0.25, 0.3) is 0 Å². The first kappa shape index (κ1) is 25.1. The van der Waals surface area contributed by atoms with Gasteiger partial charge in [-0.2, -0.15) is 0 Å². The van der Waals surface area contributed by atoms with E-state index < -0.39 is 34.3 Å². The number of hydrogen-bond donors (Lipinski definition) is 1. The van der Waals surface area contributed by atoms with Gasteiger partial charge in [-0.1, -0.05) is 19.1 Å². The Labute approximate surface area is 195 Å². The van der Waals surface area contributed by atoms with Crippen LogP contribution in [0.5, 0.6) is 0 Å². The Hall–Kier alpha value is -2.21. The molecule has 0 heterocycles. The normalized spacial score (nSPS) is 12.2. The third kappa shape index (κ3) is 6.89. The molecular formula is C21H25FIN3O4S. The van der Waals surface area contributed by atoms with E-state index in [1.54, 1.807) is 31.2 Å². The van der Waals surface area contributed by atoms with Gasteiger partial charge in [0.1, 0.15) is 18.4 Å². The van der Waals surface area contributed by atoms with Crippen LogP contribution in [-0.2, 0) is 26.2 Å². The van der Waals surface area contributed by atoms with Gasteiger partial charge in [0, 0.05) is 17.2 Å². The fourth-order valence-electron chi connectivity index (χ4n) is 3.09. The molecule has 0 aliphatic heterocycles. The number of nitrogens with zero attached hydrogens (tertiary/aromatic N) is 2. The lowest BCUT2D eigenvalue weighted by molar-refractivity contribution is -0.140. The molecule has 0 fully saturated rings. The minimum Gasteiger partial charge on any atom is -0.357 e. The monoisotopic (exact) mass is 561 g/mol. The molecule has 0 aliphatic carbocycles. The second kappa shape index (κ2) is 10.9. The van der Waals surface area contributed by atoms with E-state index in [9.17, 15) is 22.4 Å². The Balaban J connectivity index is 2.40. The van der Waals surface area contributed by atoms with Crippen molar-refractivity contribution in [2.24, 2.45) is 0 Å². The number of carbonyl (C=O) groups is 2. The summed E-state index contributed by atoms with van der Waals surface area (Å²) in [7, 11) is -2.29. The third-order valence-corrected chi connectivity index (χ3v) is 6.55. The summed E-state index contributed by atoms with van der Waals surface area (Å²) < 4.78 is 40.1. The molecule has 168 valence electrons. The van der Waals surface area contributed by atoms with Gasteiger partial charge in [-0.15, -0.1) is 0 Å². The van der Waals surface area contributed by atoms with E-state index in [0.29, 0.717) is 17.7 Å². The lowest BCUT2D eigenvalue weighted by Gasteiger charge is -2.32. The molecule has 0 aliphatic rings. The van der Waals surface area contributed by atoms with Crippen molar-refractivity contribution in [3.05, 3.63) is 63.5 Å². The Morgan fingerprint density at radius 1 is 1.10 bits per heavy atom. The number of benzene rings is 2. The molecule has 1 unspecified atom stereocenters. The van der Waals surface area contributed by atoms with Crippen LogP contribution in [0.1, 0.15) is 18.9 Å².